The van der Waals surface area contributed by atoms with Crippen LogP contribution in [0.4, 0.5) is 0 Å². The van der Waals surface area contributed by atoms with Gasteiger partial charge in [-0.1, -0.05) is 37.1 Å². The topological polar surface area (TPSA) is 107 Å². The Morgan fingerprint density at radius 1 is 1.10 bits per heavy atom. The second kappa shape index (κ2) is 11.5. The lowest BCUT2D eigenvalue weighted by Gasteiger charge is -2.11. The summed E-state index contributed by atoms with van der Waals surface area (Å²) in [5.41, 5.74) is 5.72. The highest BCUT2D eigenvalue weighted by atomic mass is 16.5. The number of aliphatic hydroxyl groups is 1. The average Bonchev–Trinajstić information content (AvgIpc) is 3.21. The number of para-hydroxylation sites is 1. The molecule has 0 fully saturated rings. The molecule has 2 aromatic carbocycles. The predicted molar refractivity (Wildman–Crippen MR) is 120 cm³/mol. The van der Waals surface area contributed by atoms with Crippen molar-refractivity contribution in [1.82, 2.24) is 15.8 Å². The van der Waals surface area contributed by atoms with Gasteiger partial charge in [0.05, 0.1) is 7.11 Å². The Bertz CT molecular complexity index is 986. The van der Waals surface area contributed by atoms with Gasteiger partial charge in [0.15, 0.2) is 0 Å². The molecule has 0 aliphatic rings. The van der Waals surface area contributed by atoms with Crippen LogP contribution in [0.1, 0.15) is 53.6 Å². The van der Waals surface area contributed by atoms with Gasteiger partial charge >= 0.3 is 0 Å². The maximum absolute atomic E-state index is 12.5. The van der Waals surface area contributed by atoms with Crippen LogP contribution in [-0.4, -0.2) is 41.1 Å². The van der Waals surface area contributed by atoms with E-state index in [1.54, 1.807) is 13.2 Å². The minimum atomic E-state index is -0.867. The Labute approximate surface area is 182 Å². The van der Waals surface area contributed by atoms with E-state index < -0.39 is 6.23 Å². The van der Waals surface area contributed by atoms with Crippen molar-refractivity contribution in [1.29, 1.82) is 0 Å². The highest BCUT2D eigenvalue weighted by molar-refractivity contribution is 5.94. The van der Waals surface area contributed by atoms with Gasteiger partial charge in [-0.3, -0.25) is 4.79 Å². The summed E-state index contributed by atoms with van der Waals surface area (Å²) < 4.78 is 5.56. The second-order valence-corrected chi connectivity index (χ2v) is 7.67. The van der Waals surface area contributed by atoms with Crippen molar-refractivity contribution >= 4 is 16.8 Å². The van der Waals surface area contributed by atoms with Crippen LogP contribution in [0.25, 0.3) is 10.9 Å². The van der Waals surface area contributed by atoms with E-state index >= 15 is 0 Å². The zero-order valence-electron chi connectivity index (χ0n) is 17.9. The molecule has 0 aliphatic heterocycles. The fourth-order valence-corrected chi connectivity index (χ4v) is 3.70. The highest BCUT2D eigenvalue weighted by Crippen LogP contribution is 2.27. The second-order valence-electron chi connectivity index (χ2n) is 7.67. The van der Waals surface area contributed by atoms with Gasteiger partial charge in [-0.2, -0.15) is 5.48 Å². The lowest BCUT2D eigenvalue weighted by Crippen LogP contribution is -2.25. The number of carbonyl (C=O) groups excluding carboxylic acids is 1. The molecule has 0 saturated carbocycles. The Kier molecular flexibility index (Phi) is 8.46. The number of ether oxygens (including phenoxy) is 1. The van der Waals surface area contributed by atoms with Gasteiger partial charge in [-0.05, 0) is 48.6 Å². The zero-order chi connectivity index (χ0) is 22.1. The summed E-state index contributed by atoms with van der Waals surface area (Å²) in [5, 5.41) is 21.9. The van der Waals surface area contributed by atoms with Crippen molar-refractivity contribution in [3.63, 3.8) is 0 Å². The van der Waals surface area contributed by atoms with Gasteiger partial charge in [0.25, 0.3) is 5.91 Å². The van der Waals surface area contributed by atoms with Gasteiger partial charge in [0, 0.05) is 35.6 Å². The molecule has 0 aliphatic carbocycles. The zero-order valence-corrected chi connectivity index (χ0v) is 17.9. The number of rotatable bonds is 12. The first kappa shape index (κ1) is 22.8. The third-order valence-corrected chi connectivity index (χ3v) is 5.44. The molecule has 0 bridgehead atoms. The third-order valence-electron chi connectivity index (χ3n) is 5.44. The number of aromatic amines is 1. The molecule has 7 heteroatoms. The van der Waals surface area contributed by atoms with Crippen LogP contribution in [0, 0.1) is 0 Å². The number of nitrogens with one attached hydrogen (secondary N) is 3. The lowest BCUT2D eigenvalue weighted by atomic mass is 10.0. The van der Waals surface area contributed by atoms with Crippen LogP contribution >= 0.6 is 0 Å². The van der Waals surface area contributed by atoms with Crippen LogP contribution in [0.15, 0.2) is 48.7 Å². The van der Waals surface area contributed by atoms with Crippen molar-refractivity contribution < 1.29 is 19.8 Å². The number of fused-ring (bicyclic) bond motifs is 1. The Morgan fingerprint density at radius 3 is 2.71 bits per heavy atom. The predicted octanol–water partition coefficient (Wildman–Crippen LogP) is 3.74. The van der Waals surface area contributed by atoms with Gasteiger partial charge in [0.2, 0.25) is 0 Å². The third kappa shape index (κ3) is 6.30. The standard InChI is InChI=1S/C24H31N3O4/c1-31-22-15-18(24(29)25-13-7-3-2-4-10-23(28)27-30)12-11-17(22)14-19-16-26-21-9-6-5-8-20(19)21/h5-6,8-9,11-12,15-16,23,26-28,30H,2-4,7,10,13-14H2,1H3,(H,25,29). The molecule has 3 aromatic rings. The summed E-state index contributed by atoms with van der Waals surface area (Å²) in [4.78, 5) is 15.8. The van der Waals surface area contributed by atoms with Crippen LogP contribution < -0.4 is 15.5 Å². The van der Waals surface area contributed by atoms with Gasteiger partial charge in [-0.15, -0.1) is 0 Å². The summed E-state index contributed by atoms with van der Waals surface area (Å²) >= 11 is 0. The summed E-state index contributed by atoms with van der Waals surface area (Å²) in [6, 6.07) is 13.8. The van der Waals surface area contributed by atoms with Crippen molar-refractivity contribution in [2.24, 2.45) is 0 Å². The fourth-order valence-electron chi connectivity index (χ4n) is 3.70. The number of methoxy groups -OCH3 is 1. The van der Waals surface area contributed by atoms with E-state index in [9.17, 15) is 9.90 Å². The number of amides is 1. The molecule has 1 heterocycles. The monoisotopic (exact) mass is 425 g/mol. The first-order valence-electron chi connectivity index (χ1n) is 10.7. The molecular weight excluding hydrogens is 394 g/mol. The van der Waals surface area contributed by atoms with Gasteiger partial charge < -0.3 is 25.4 Å². The van der Waals surface area contributed by atoms with Crippen LogP contribution in [0.3, 0.4) is 0 Å². The number of hydrogen-bond acceptors (Lipinski definition) is 5. The molecule has 0 radical (unpaired) electrons. The van der Waals surface area contributed by atoms with E-state index in [0.29, 0.717) is 24.3 Å². The largest absolute Gasteiger partial charge is 0.496 e. The molecular formula is C24H31N3O4. The highest BCUT2D eigenvalue weighted by Gasteiger charge is 2.12. The van der Waals surface area contributed by atoms with Crippen LogP contribution in [-0.2, 0) is 6.42 Å². The van der Waals surface area contributed by atoms with Gasteiger partial charge in [0.1, 0.15) is 12.0 Å². The number of carbonyl (C=O) groups is 1. The number of benzene rings is 2. The van der Waals surface area contributed by atoms with E-state index in [-0.39, 0.29) is 5.91 Å². The summed E-state index contributed by atoms with van der Waals surface area (Å²) in [6.07, 6.45) is 5.95. The number of aliphatic hydroxyl groups excluding tert-OH is 1. The van der Waals surface area contributed by atoms with Crippen molar-refractivity contribution in [3.05, 3.63) is 65.4 Å². The first-order valence-corrected chi connectivity index (χ1v) is 10.7. The lowest BCUT2D eigenvalue weighted by molar-refractivity contribution is -0.00393. The molecule has 166 valence electrons. The number of H-pyrrole nitrogens is 1. The molecule has 0 spiro atoms. The van der Waals surface area contributed by atoms with Crippen molar-refractivity contribution in [3.8, 4) is 5.75 Å². The molecule has 1 amide bonds. The minimum absolute atomic E-state index is 0.114. The SMILES string of the molecule is COc1cc(C(=O)NCCCCCCC(O)NO)ccc1Cc1c[nH]c2ccccc12. The summed E-state index contributed by atoms with van der Waals surface area (Å²) in [7, 11) is 1.62. The molecule has 31 heavy (non-hydrogen) atoms. The molecule has 1 aromatic heterocycles. The smallest absolute Gasteiger partial charge is 0.251 e. The Balaban J connectivity index is 1.51. The van der Waals surface area contributed by atoms with Gasteiger partial charge in [-0.25, -0.2) is 0 Å². The van der Waals surface area contributed by atoms with Crippen molar-refractivity contribution in [2.75, 3.05) is 13.7 Å². The van der Waals surface area contributed by atoms with E-state index in [0.717, 1.165) is 43.2 Å². The maximum Gasteiger partial charge on any atom is 0.251 e. The number of hydroxylamine groups is 1. The summed E-state index contributed by atoms with van der Waals surface area (Å²) in [6.45, 7) is 0.596. The molecule has 3 rings (SSSR count). The fraction of sp³-hybridized carbons (Fsp3) is 0.375. The molecule has 0 saturated heterocycles. The van der Waals surface area contributed by atoms with E-state index in [2.05, 4.69) is 22.4 Å². The summed E-state index contributed by atoms with van der Waals surface area (Å²) in [5.74, 6) is 0.589. The first-order chi connectivity index (χ1) is 15.1. The normalized spacial score (nSPS) is 12.1. The Hall–Kier alpha value is -2.87. The number of hydrogen-bond donors (Lipinski definition) is 5. The maximum atomic E-state index is 12.5. The Morgan fingerprint density at radius 2 is 1.90 bits per heavy atom. The number of unbranched alkanes of at least 4 members (excludes halogenated alkanes) is 3. The molecule has 1 unspecified atom stereocenters. The molecule has 5 N–H and O–H groups in total. The van der Waals surface area contributed by atoms with Crippen LogP contribution in [0.5, 0.6) is 5.75 Å². The molecule has 7 nitrogen and oxygen atoms in total. The van der Waals surface area contributed by atoms with Crippen molar-refractivity contribution in [2.45, 2.75) is 44.8 Å². The quantitative estimate of drug-likeness (QED) is 0.173. The molecule has 1 atom stereocenters. The van der Waals surface area contributed by atoms with E-state index in [1.807, 2.05) is 35.9 Å². The van der Waals surface area contributed by atoms with Crippen LogP contribution in [0.2, 0.25) is 0 Å². The van der Waals surface area contributed by atoms with E-state index in [4.69, 9.17) is 9.94 Å². The minimum Gasteiger partial charge on any atom is -0.496 e. The number of aromatic nitrogens is 1. The average molecular weight is 426 g/mol. The van der Waals surface area contributed by atoms with E-state index in [1.165, 1.54) is 10.9 Å².